The minimum atomic E-state index is -5.09. The van der Waals surface area contributed by atoms with E-state index in [0.717, 1.165) is 6.07 Å². The van der Waals surface area contributed by atoms with Crippen molar-refractivity contribution in [3.63, 3.8) is 0 Å². The number of alkyl halides is 3. The number of hydrogen-bond acceptors (Lipinski definition) is 3. The average molecular weight is 337 g/mol. The van der Waals surface area contributed by atoms with Crippen LogP contribution in [0.2, 0.25) is 0 Å². The monoisotopic (exact) mass is 337 g/mol. The van der Waals surface area contributed by atoms with Crippen LogP contribution in [0, 0.1) is 19.3 Å². The van der Waals surface area contributed by atoms with Crippen molar-refractivity contribution in [1.29, 1.82) is 0 Å². The predicted octanol–water partition coefficient (Wildman–Crippen LogP) is 3.35. The average Bonchev–Trinajstić information content (AvgIpc) is 2.93. The fourth-order valence-corrected chi connectivity index (χ4v) is 2.11. The van der Waals surface area contributed by atoms with E-state index < -0.39 is 29.9 Å². The Balaban J connectivity index is 2.24. The maximum Gasteiger partial charge on any atom is 0.425 e. The fourth-order valence-electron chi connectivity index (χ4n) is 2.11. The van der Waals surface area contributed by atoms with Crippen molar-refractivity contribution in [2.45, 2.75) is 25.1 Å². The molecule has 0 fully saturated rings. The van der Waals surface area contributed by atoms with E-state index in [1.54, 1.807) is 12.1 Å². The molecule has 0 aliphatic carbocycles. The van der Waals surface area contributed by atoms with Gasteiger partial charge in [0.15, 0.2) is 0 Å². The topological polar surface area (TPSA) is 62.5 Å². The third-order valence-corrected chi connectivity index (χ3v) is 3.35. The smallest absolute Gasteiger partial charge is 0.425 e. The Morgan fingerprint density at radius 1 is 1.33 bits per heavy atom. The number of aliphatic hydroxyl groups is 1. The highest BCUT2D eigenvalue weighted by Crippen LogP contribution is 2.42. The number of halogens is 3. The molecule has 4 nitrogen and oxygen atoms in total. The minimum Gasteiger partial charge on any atom is -0.463 e. The third kappa shape index (κ3) is 3.60. The van der Waals surface area contributed by atoms with Gasteiger partial charge in [0.05, 0.1) is 6.42 Å². The van der Waals surface area contributed by atoms with E-state index in [9.17, 15) is 23.1 Å². The molecular weight excluding hydrogens is 323 g/mol. The fraction of sp³-hybridized carbons (Fsp3) is 0.235. The molecule has 2 N–H and O–H groups in total. The minimum absolute atomic E-state index is 0.190. The number of carbonyl (C=O) groups is 1. The molecular formula is C17H14F3NO3. The molecule has 1 aromatic carbocycles. The number of rotatable bonds is 4. The zero-order chi connectivity index (χ0) is 18.0. The van der Waals surface area contributed by atoms with Gasteiger partial charge < -0.3 is 14.8 Å². The zero-order valence-electron chi connectivity index (χ0n) is 12.6. The van der Waals surface area contributed by atoms with Crippen LogP contribution >= 0.6 is 0 Å². The van der Waals surface area contributed by atoms with E-state index >= 15 is 0 Å². The van der Waals surface area contributed by atoms with Gasteiger partial charge in [-0.3, -0.25) is 4.79 Å². The summed E-state index contributed by atoms with van der Waals surface area (Å²) in [4.78, 5) is 12.0. The third-order valence-electron chi connectivity index (χ3n) is 3.35. The first-order chi connectivity index (χ1) is 11.2. The number of furan rings is 1. The summed E-state index contributed by atoms with van der Waals surface area (Å²) in [5, 5.41) is 12.4. The summed E-state index contributed by atoms with van der Waals surface area (Å²) in [5.41, 5.74) is -2.73. The molecule has 0 saturated carbocycles. The summed E-state index contributed by atoms with van der Waals surface area (Å²) < 4.78 is 44.8. The molecule has 1 aromatic heterocycles. The second kappa shape index (κ2) is 6.42. The first-order valence-electron chi connectivity index (χ1n) is 6.88. The lowest BCUT2D eigenvalue weighted by Gasteiger charge is -2.28. The molecule has 1 atom stereocenters. The van der Waals surface area contributed by atoms with Gasteiger partial charge in [-0.05, 0) is 37.3 Å². The van der Waals surface area contributed by atoms with Gasteiger partial charge in [0, 0.05) is 11.3 Å². The second-order valence-electron chi connectivity index (χ2n) is 5.22. The number of terminal acetylenes is 1. The maximum absolute atomic E-state index is 13.3. The summed E-state index contributed by atoms with van der Waals surface area (Å²) in [5.74, 6) is 0.770. The zero-order valence-corrected chi connectivity index (χ0v) is 12.6. The van der Waals surface area contributed by atoms with Crippen molar-refractivity contribution in [3.8, 4) is 12.3 Å². The Morgan fingerprint density at radius 2 is 2.04 bits per heavy atom. The van der Waals surface area contributed by atoms with E-state index in [2.05, 4.69) is 11.2 Å². The van der Waals surface area contributed by atoms with Crippen molar-refractivity contribution in [3.05, 3.63) is 53.5 Å². The SMILES string of the molecule is C#Cc1cccc(NC(=O)CC(O)(c2ccc(C)o2)C(F)(F)F)c1. The largest absolute Gasteiger partial charge is 0.463 e. The van der Waals surface area contributed by atoms with E-state index in [1.165, 1.54) is 25.1 Å². The Morgan fingerprint density at radius 3 is 2.58 bits per heavy atom. The van der Waals surface area contributed by atoms with E-state index in [0.29, 0.717) is 5.56 Å². The number of aryl methyl sites for hydroxylation is 1. The van der Waals surface area contributed by atoms with Gasteiger partial charge in [-0.25, -0.2) is 0 Å². The Kier molecular flexibility index (Phi) is 4.71. The van der Waals surface area contributed by atoms with Crippen LogP contribution in [-0.2, 0) is 10.4 Å². The van der Waals surface area contributed by atoms with Crippen molar-refractivity contribution >= 4 is 11.6 Å². The lowest BCUT2D eigenvalue weighted by molar-refractivity contribution is -0.272. The molecule has 2 aromatic rings. The van der Waals surface area contributed by atoms with Gasteiger partial charge in [0.1, 0.15) is 11.5 Å². The van der Waals surface area contributed by atoms with E-state index in [-0.39, 0.29) is 11.4 Å². The van der Waals surface area contributed by atoms with Gasteiger partial charge in [0.2, 0.25) is 11.5 Å². The Hall–Kier alpha value is -2.72. The maximum atomic E-state index is 13.3. The van der Waals surface area contributed by atoms with E-state index in [4.69, 9.17) is 10.8 Å². The first-order valence-corrected chi connectivity index (χ1v) is 6.88. The van der Waals surface area contributed by atoms with Crippen molar-refractivity contribution in [2.24, 2.45) is 0 Å². The van der Waals surface area contributed by atoms with Crippen LogP contribution in [0.3, 0.4) is 0 Å². The molecule has 1 unspecified atom stereocenters. The van der Waals surface area contributed by atoms with Crippen molar-refractivity contribution < 1.29 is 27.5 Å². The molecule has 1 amide bonds. The number of benzene rings is 1. The molecule has 7 heteroatoms. The molecule has 0 bridgehead atoms. The number of hydrogen-bond donors (Lipinski definition) is 2. The summed E-state index contributed by atoms with van der Waals surface area (Å²) in [6.45, 7) is 1.44. The number of anilines is 1. The van der Waals surface area contributed by atoms with Gasteiger partial charge in [0.25, 0.3) is 0 Å². The molecule has 2 rings (SSSR count). The molecule has 0 aliphatic rings. The number of nitrogens with one attached hydrogen (secondary N) is 1. The van der Waals surface area contributed by atoms with E-state index in [1.807, 2.05) is 0 Å². The molecule has 0 spiro atoms. The quantitative estimate of drug-likeness (QED) is 0.841. The highest BCUT2D eigenvalue weighted by molar-refractivity contribution is 5.91. The number of amides is 1. The standard InChI is InChI=1S/C17H14F3NO3/c1-3-12-5-4-6-13(9-12)21-15(22)10-16(23,17(18,19)20)14-8-7-11(2)24-14/h1,4-9,23H,10H2,2H3,(H,21,22). The van der Waals surface area contributed by atoms with Gasteiger partial charge in [-0.15, -0.1) is 6.42 Å². The van der Waals surface area contributed by atoms with Crippen LogP contribution in [0.1, 0.15) is 23.5 Å². The second-order valence-corrected chi connectivity index (χ2v) is 5.22. The van der Waals surface area contributed by atoms with Crippen LogP contribution in [0.4, 0.5) is 18.9 Å². The van der Waals surface area contributed by atoms with Crippen LogP contribution in [0.15, 0.2) is 40.8 Å². The van der Waals surface area contributed by atoms with Gasteiger partial charge >= 0.3 is 6.18 Å². The van der Waals surface area contributed by atoms with Crippen LogP contribution < -0.4 is 5.32 Å². The molecule has 0 radical (unpaired) electrons. The first kappa shape index (κ1) is 17.6. The Labute approximate surface area is 136 Å². The highest BCUT2D eigenvalue weighted by Gasteiger charge is 2.58. The summed E-state index contributed by atoms with van der Waals surface area (Å²) in [6.07, 6.45) is -1.11. The van der Waals surface area contributed by atoms with Crippen LogP contribution in [0.25, 0.3) is 0 Å². The predicted molar refractivity (Wildman–Crippen MR) is 81.0 cm³/mol. The van der Waals surface area contributed by atoms with Crippen LogP contribution in [-0.4, -0.2) is 17.2 Å². The molecule has 1 heterocycles. The van der Waals surface area contributed by atoms with Gasteiger partial charge in [-0.2, -0.15) is 13.2 Å². The normalized spacial score (nSPS) is 13.8. The van der Waals surface area contributed by atoms with Crippen LogP contribution in [0.5, 0.6) is 0 Å². The molecule has 24 heavy (non-hydrogen) atoms. The number of carbonyl (C=O) groups excluding carboxylic acids is 1. The summed E-state index contributed by atoms with van der Waals surface area (Å²) in [7, 11) is 0. The van der Waals surface area contributed by atoms with Gasteiger partial charge in [-0.1, -0.05) is 12.0 Å². The molecule has 126 valence electrons. The molecule has 0 aliphatic heterocycles. The van der Waals surface area contributed by atoms with Crippen molar-refractivity contribution in [2.75, 3.05) is 5.32 Å². The lowest BCUT2D eigenvalue weighted by atomic mass is 9.95. The molecule has 0 saturated heterocycles. The summed E-state index contributed by atoms with van der Waals surface area (Å²) >= 11 is 0. The van der Waals surface area contributed by atoms with Crippen molar-refractivity contribution in [1.82, 2.24) is 0 Å². The Bertz CT molecular complexity index is 789. The lowest BCUT2D eigenvalue weighted by Crippen LogP contribution is -2.44. The highest BCUT2D eigenvalue weighted by atomic mass is 19.4. The summed E-state index contributed by atoms with van der Waals surface area (Å²) in [6, 6.07) is 8.34.